The molecule has 2 heteroatoms. The van der Waals surface area contributed by atoms with Crippen LogP contribution in [0.15, 0.2) is 42.7 Å². The molecule has 1 unspecified atom stereocenters. The van der Waals surface area contributed by atoms with Crippen molar-refractivity contribution in [3.05, 3.63) is 65.0 Å². The van der Waals surface area contributed by atoms with Crippen molar-refractivity contribution in [2.75, 3.05) is 6.54 Å². The van der Waals surface area contributed by atoms with Crippen LogP contribution >= 0.6 is 0 Å². The Kier molecular flexibility index (Phi) is 2.65. The smallest absolute Gasteiger partial charge is 0.0594 e. The average molecular weight is 224 g/mol. The Hall–Kier alpha value is -1.67. The molecule has 0 radical (unpaired) electrons. The van der Waals surface area contributed by atoms with Gasteiger partial charge in [0.15, 0.2) is 0 Å². The molecule has 1 N–H and O–H groups in total. The molecule has 0 fully saturated rings. The van der Waals surface area contributed by atoms with Crippen LogP contribution in [-0.4, -0.2) is 11.5 Å². The minimum absolute atomic E-state index is 0.298. The minimum atomic E-state index is 0.298. The van der Waals surface area contributed by atoms with E-state index in [1.165, 1.54) is 22.3 Å². The lowest BCUT2D eigenvalue weighted by molar-refractivity contribution is 0.565. The molecule has 2 aromatic rings. The summed E-state index contributed by atoms with van der Waals surface area (Å²) in [7, 11) is 0. The standard InChI is InChI=1S/C15H16N2/c1-11-3-2-4-13(9-11)15-14-10-16-7-5-12(14)6-8-17-15/h2-5,7,9-10,15,17H,6,8H2,1H3. The van der Waals surface area contributed by atoms with Gasteiger partial charge in [-0.15, -0.1) is 0 Å². The fraction of sp³-hybridized carbons (Fsp3) is 0.267. The monoisotopic (exact) mass is 224 g/mol. The van der Waals surface area contributed by atoms with E-state index in [9.17, 15) is 0 Å². The number of pyridine rings is 1. The first kappa shape index (κ1) is 10.5. The Bertz CT molecular complexity index is 534. The lowest BCUT2D eigenvalue weighted by Crippen LogP contribution is -2.30. The van der Waals surface area contributed by atoms with Crippen LogP contribution in [-0.2, 0) is 6.42 Å². The summed E-state index contributed by atoms with van der Waals surface area (Å²) in [6.45, 7) is 3.17. The van der Waals surface area contributed by atoms with Gasteiger partial charge in [0.25, 0.3) is 0 Å². The van der Waals surface area contributed by atoms with E-state index >= 15 is 0 Å². The molecule has 0 saturated heterocycles. The summed E-state index contributed by atoms with van der Waals surface area (Å²) in [4.78, 5) is 4.26. The topological polar surface area (TPSA) is 24.9 Å². The maximum Gasteiger partial charge on any atom is 0.0594 e. The number of aryl methyl sites for hydroxylation is 1. The highest BCUT2D eigenvalue weighted by Crippen LogP contribution is 2.28. The van der Waals surface area contributed by atoms with Gasteiger partial charge in [-0.1, -0.05) is 29.8 Å². The summed E-state index contributed by atoms with van der Waals surface area (Å²) in [5.41, 5.74) is 5.38. The second-order valence-corrected chi connectivity index (χ2v) is 4.63. The number of aromatic nitrogens is 1. The largest absolute Gasteiger partial charge is 0.306 e. The number of benzene rings is 1. The van der Waals surface area contributed by atoms with Gasteiger partial charge in [-0.25, -0.2) is 0 Å². The van der Waals surface area contributed by atoms with Crippen LogP contribution in [0, 0.1) is 6.92 Å². The van der Waals surface area contributed by atoms with Crippen molar-refractivity contribution < 1.29 is 0 Å². The number of nitrogens with zero attached hydrogens (tertiary/aromatic N) is 1. The second-order valence-electron chi connectivity index (χ2n) is 4.63. The highest BCUT2D eigenvalue weighted by molar-refractivity contribution is 5.38. The molecule has 0 aliphatic carbocycles. The molecule has 0 saturated carbocycles. The van der Waals surface area contributed by atoms with Crippen LogP contribution in [0.1, 0.15) is 28.3 Å². The Balaban J connectivity index is 2.06. The van der Waals surface area contributed by atoms with E-state index < -0.39 is 0 Å². The van der Waals surface area contributed by atoms with Crippen LogP contribution < -0.4 is 5.32 Å². The zero-order valence-corrected chi connectivity index (χ0v) is 9.98. The number of hydrogen-bond donors (Lipinski definition) is 1. The van der Waals surface area contributed by atoms with Crippen molar-refractivity contribution in [2.24, 2.45) is 0 Å². The first-order valence-corrected chi connectivity index (χ1v) is 6.07. The molecule has 1 atom stereocenters. The zero-order chi connectivity index (χ0) is 11.7. The number of nitrogens with one attached hydrogen (secondary N) is 1. The van der Waals surface area contributed by atoms with Crippen molar-refractivity contribution in [3.63, 3.8) is 0 Å². The predicted molar refractivity (Wildman–Crippen MR) is 69.0 cm³/mol. The van der Waals surface area contributed by atoms with Crippen molar-refractivity contribution in [3.8, 4) is 0 Å². The van der Waals surface area contributed by atoms with Gasteiger partial charge in [0.05, 0.1) is 6.04 Å². The number of rotatable bonds is 1. The molecule has 1 aromatic heterocycles. The van der Waals surface area contributed by atoms with Gasteiger partial charge in [0.1, 0.15) is 0 Å². The van der Waals surface area contributed by atoms with Crippen molar-refractivity contribution in [2.45, 2.75) is 19.4 Å². The van der Waals surface area contributed by atoms with E-state index in [-0.39, 0.29) is 0 Å². The Labute approximate surface area is 102 Å². The van der Waals surface area contributed by atoms with Gasteiger partial charge in [0.2, 0.25) is 0 Å². The van der Waals surface area contributed by atoms with Gasteiger partial charge in [0, 0.05) is 18.9 Å². The lowest BCUT2D eigenvalue weighted by Gasteiger charge is -2.27. The molecule has 0 bridgehead atoms. The van der Waals surface area contributed by atoms with Gasteiger partial charge in [-0.2, -0.15) is 0 Å². The van der Waals surface area contributed by atoms with Crippen LogP contribution in [0.2, 0.25) is 0 Å². The Morgan fingerprint density at radius 2 is 2.24 bits per heavy atom. The third-order valence-electron chi connectivity index (χ3n) is 3.38. The van der Waals surface area contributed by atoms with E-state index in [4.69, 9.17) is 0 Å². The average Bonchev–Trinajstić information content (AvgIpc) is 2.38. The molecule has 1 aromatic carbocycles. The van der Waals surface area contributed by atoms with E-state index in [1.807, 2.05) is 12.4 Å². The minimum Gasteiger partial charge on any atom is -0.306 e. The molecule has 2 nitrogen and oxygen atoms in total. The van der Waals surface area contributed by atoms with Gasteiger partial charge < -0.3 is 5.32 Å². The Morgan fingerprint density at radius 3 is 3.12 bits per heavy atom. The van der Waals surface area contributed by atoms with E-state index in [2.05, 4.69) is 47.6 Å². The highest BCUT2D eigenvalue weighted by atomic mass is 14.9. The number of fused-ring (bicyclic) bond motifs is 1. The summed E-state index contributed by atoms with van der Waals surface area (Å²) in [5, 5.41) is 3.58. The summed E-state index contributed by atoms with van der Waals surface area (Å²) < 4.78 is 0. The first-order chi connectivity index (χ1) is 8.34. The van der Waals surface area contributed by atoms with Crippen molar-refractivity contribution in [1.82, 2.24) is 10.3 Å². The fourth-order valence-electron chi connectivity index (χ4n) is 2.53. The zero-order valence-electron chi connectivity index (χ0n) is 9.98. The van der Waals surface area contributed by atoms with Crippen LogP contribution in [0.4, 0.5) is 0 Å². The third-order valence-corrected chi connectivity index (χ3v) is 3.38. The van der Waals surface area contributed by atoms with Crippen LogP contribution in [0.5, 0.6) is 0 Å². The predicted octanol–water partition coefficient (Wildman–Crippen LogP) is 2.63. The third kappa shape index (κ3) is 1.96. The molecule has 2 heterocycles. The van der Waals surface area contributed by atoms with Gasteiger partial charge in [-0.05, 0) is 36.1 Å². The van der Waals surface area contributed by atoms with E-state index in [0.717, 1.165) is 13.0 Å². The summed E-state index contributed by atoms with van der Waals surface area (Å²) in [6.07, 6.45) is 4.98. The summed E-state index contributed by atoms with van der Waals surface area (Å²) >= 11 is 0. The normalized spacial score (nSPS) is 18.8. The SMILES string of the molecule is Cc1cccc(C2NCCc3ccncc32)c1. The van der Waals surface area contributed by atoms with E-state index in [0.29, 0.717) is 6.04 Å². The quantitative estimate of drug-likeness (QED) is 0.805. The molecular formula is C15H16N2. The summed E-state index contributed by atoms with van der Waals surface area (Å²) in [5.74, 6) is 0. The molecule has 86 valence electrons. The molecule has 0 amide bonds. The summed E-state index contributed by atoms with van der Waals surface area (Å²) in [6, 6.07) is 11.1. The Morgan fingerprint density at radius 1 is 1.29 bits per heavy atom. The van der Waals surface area contributed by atoms with Crippen LogP contribution in [0.3, 0.4) is 0 Å². The lowest BCUT2D eigenvalue weighted by atomic mass is 9.91. The van der Waals surface area contributed by atoms with Crippen molar-refractivity contribution >= 4 is 0 Å². The molecule has 17 heavy (non-hydrogen) atoms. The maximum atomic E-state index is 4.26. The van der Waals surface area contributed by atoms with E-state index in [1.54, 1.807) is 0 Å². The molecule has 3 rings (SSSR count). The second kappa shape index (κ2) is 4.30. The van der Waals surface area contributed by atoms with Gasteiger partial charge in [-0.3, -0.25) is 4.98 Å². The molecular weight excluding hydrogens is 208 g/mol. The maximum absolute atomic E-state index is 4.26. The molecule has 1 aliphatic rings. The molecule has 0 spiro atoms. The van der Waals surface area contributed by atoms with Gasteiger partial charge >= 0.3 is 0 Å². The first-order valence-electron chi connectivity index (χ1n) is 6.07. The molecule has 1 aliphatic heterocycles. The highest BCUT2D eigenvalue weighted by Gasteiger charge is 2.20. The van der Waals surface area contributed by atoms with Crippen molar-refractivity contribution in [1.29, 1.82) is 0 Å². The van der Waals surface area contributed by atoms with Crippen LogP contribution in [0.25, 0.3) is 0 Å². The number of hydrogen-bond acceptors (Lipinski definition) is 2. The fourth-order valence-corrected chi connectivity index (χ4v) is 2.53.